The van der Waals surface area contributed by atoms with Crippen LogP contribution in [0.25, 0.3) is 0 Å². The van der Waals surface area contributed by atoms with Crippen LogP contribution in [0.1, 0.15) is 106 Å². The number of hydrogen-bond donors (Lipinski definition) is 8. The zero-order valence-corrected chi connectivity index (χ0v) is 30.1. The van der Waals surface area contributed by atoms with E-state index in [1.807, 2.05) is 6.92 Å². The highest BCUT2D eigenvalue weighted by molar-refractivity contribution is 6.38. The van der Waals surface area contributed by atoms with Gasteiger partial charge in [0.15, 0.2) is 5.96 Å². The van der Waals surface area contributed by atoms with E-state index in [0.717, 1.165) is 19.3 Å². The first-order chi connectivity index (χ1) is 22.7. The van der Waals surface area contributed by atoms with Crippen LogP contribution < -0.4 is 37.6 Å². The van der Waals surface area contributed by atoms with Gasteiger partial charge < -0.3 is 42.5 Å². The molecule has 14 nitrogen and oxygen atoms in total. The average molecular weight is 678 g/mol. The van der Waals surface area contributed by atoms with Gasteiger partial charge in [0.2, 0.25) is 23.5 Å². The minimum atomic E-state index is -1.03. The Hall–Kier alpha value is -3.26. The van der Waals surface area contributed by atoms with Gasteiger partial charge >= 0.3 is 0 Å². The largest absolute Gasteiger partial charge is 0.370 e. The summed E-state index contributed by atoms with van der Waals surface area (Å²) in [5.74, 6) is -2.64. The Morgan fingerprint density at radius 1 is 0.958 bits per heavy atom. The number of fused-ring (bicyclic) bond motifs is 1. The van der Waals surface area contributed by atoms with Gasteiger partial charge in [-0.15, -0.1) is 0 Å². The maximum absolute atomic E-state index is 14.2. The molecule has 9 N–H and O–H groups in total. The van der Waals surface area contributed by atoms with Gasteiger partial charge in [0, 0.05) is 32.2 Å². The zero-order valence-electron chi connectivity index (χ0n) is 30.1. The third-order valence-electron chi connectivity index (χ3n) is 9.23. The Labute approximate surface area is 287 Å². The molecule has 14 heteroatoms. The van der Waals surface area contributed by atoms with Crippen LogP contribution in [0.15, 0.2) is 0 Å². The second kappa shape index (κ2) is 20.3. The number of guanidine groups is 1. The number of Topliss-reactive ketones (excluding diaryl/α,β-unsaturated/α-hetero) is 1. The van der Waals surface area contributed by atoms with Crippen molar-refractivity contribution >= 4 is 35.4 Å². The summed E-state index contributed by atoms with van der Waals surface area (Å²) in [4.78, 5) is 68.5. The topological polar surface area (TPSA) is 211 Å². The molecule has 2 fully saturated rings. The molecule has 0 aliphatic carbocycles. The summed E-state index contributed by atoms with van der Waals surface area (Å²) in [7, 11) is 0. The fourth-order valence-corrected chi connectivity index (χ4v) is 6.39. The highest BCUT2D eigenvalue weighted by atomic mass is 16.2. The first kappa shape index (κ1) is 40.9. The number of hydrogen-bond acceptors (Lipinski definition) is 8. The van der Waals surface area contributed by atoms with Crippen LogP contribution in [0.4, 0.5) is 0 Å². The van der Waals surface area contributed by atoms with Crippen molar-refractivity contribution in [1.29, 1.82) is 5.41 Å². The molecule has 0 saturated carbocycles. The summed E-state index contributed by atoms with van der Waals surface area (Å²) < 4.78 is 0. The summed E-state index contributed by atoms with van der Waals surface area (Å²) >= 11 is 0. The minimum Gasteiger partial charge on any atom is -0.370 e. The predicted octanol–water partition coefficient (Wildman–Crippen LogP) is 0.888. The van der Waals surface area contributed by atoms with Gasteiger partial charge in [0.25, 0.3) is 5.91 Å². The zero-order chi connectivity index (χ0) is 35.9. The van der Waals surface area contributed by atoms with Gasteiger partial charge in [-0.05, 0) is 75.7 Å². The SMILES string of the molecule is CCNC1CCCCNC(=O)C(=O)[C@H](C(C)C)NC(=O)[C@@H]2CCCN2C(=O)[C@H](CCCNC(=N)N)NC(C(C)(C)C)CCCCNC1=O. The number of nitrogens with two attached hydrogens (primary N) is 1. The number of rotatable bonds is 7. The smallest absolute Gasteiger partial charge is 0.289 e. The summed E-state index contributed by atoms with van der Waals surface area (Å²) in [6.07, 6.45) is 6.43. The van der Waals surface area contributed by atoms with Crippen LogP contribution in [0, 0.1) is 16.7 Å². The van der Waals surface area contributed by atoms with E-state index in [1.165, 1.54) is 0 Å². The Kier molecular flexibility index (Phi) is 17.3. The monoisotopic (exact) mass is 677 g/mol. The molecule has 48 heavy (non-hydrogen) atoms. The van der Waals surface area contributed by atoms with E-state index >= 15 is 0 Å². The Morgan fingerprint density at radius 3 is 2.25 bits per heavy atom. The molecule has 0 aromatic heterocycles. The lowest BCUT2D eigenvalue weighted by atomic mass is 9.83. The first-order valence-electron chi connectivity index (χ1n) is 17.9. The first-order valence-corrected chi connectivity index (χ1v) is 17.9. The molecule has 274 valence electrons. The fraction of sp³-hybridized carbons (Fsp3) is 0.824. The van der Waals surface area contributed by atoms with Crippen molar-refractivity contribution in [3.05, 3.63) is 0 Å². The standard InChI is InChI=1S/C34H63N9O5/c1-7-37-23-14-8-10-19-39-31(47)28(44)27(22(2)3)42-30(46)25-16-13-21-43(25)32(48)24(15-12-20-40-33(35)36)41-26(34(4,5)6)17-9-11-18-38-29(23)45/h22-27,37,41H,7-21H2,1-6H3,(H,38,45)(H,39,47)(H,42,46)(H4,35,36,40)/t23?,24-,25-,26?,27-/m0/s1. The van der Waals surface area contributed by atoms with Crippen molar-refractivity contribution in [3.8, 4) is 0 Å². The molecule has 5 atom stereocenters. The van der Waals surface area contributed by atoms with Crippen LogP contribution in [0.2, 0.25) is 0 Å². The van der Waals surface area contributed by atoms with Gasteiger partial charge in [-0.3, -0.25) is 29.4 Å². The molecule has 0 radical (unpaired) electrons. The normalized spacial score (nSPS) is 26.8. The second-order valence-corrected chi connectivity index (χ2v) is 14.6. The average Bonchev–Trinajstić information content (AvgIpc) is 3.51. The van der Waals surface area contributed by atoms with Gasteiger partial charge in [-0.25, -0.2) is 0 Å². The number of carbonyl (C=O) groups excluding carboxylic acids is 5. The third kappa shape index (κ3) is 13.3. The molecular weight excluding hydrogens is 614 g/mol. The van der Waals surface area contributed by atoms with Crippen molar-refractivity contribution in [2.45, 2.75) is 136 Å². The van der Waals surface area contributed by atoms with Crippen molar-refractivity contribution < 1.29 is 24.0 Å². The van der Waals surface area contributed by atoms with Gasteiger partial charge in [0.1, 0.15) is 6.04 Å². The Morgan fingerprint density at radius 2 is 1.62 bits per heavy atom. The van der Waals surface area contributed by atoms with Crippen molar-refractivity contribution in [3.63, 3.8) is 0 Å². The number of ketones is 1. The lowest BCUT2D eigenvalue weighted by Gasteiger charge is -2.37. The highest BCUT2D eigenvalue weighted by Gasteiger charge is 2.40. The van der Waals surface area contributed by atoms with E-state index in [9.17, 15) is 24.0 Å². The molecule has 2 rings (SSSR count). The van der Waals surface area contributed by atoms with Gasteiger partial charge in [-0.2, -0.15) is 0 Å². The summed E-state index contributed by atoms with van der Waals surface area (Å²) in [6.45, 7) is 14.2. The molecule has 0 spiro atoms. The fourth-order valence-electron chi connectivity index (χ4n) is 6.39. The maximum Gasteiger partial charge on any atom is 0.289 e. The molecule has 2 saturated heterocycles. The lowest BCUT2D eigenvalue weighted by Crippen LogP contribution is -2.58. The second-order valence-electron chi connectivity index (χ2n) is 14.6. The number of nitrogens with zero attached hydrogens (tertiary/aromatic N) is 1. The molecule has 2 heterocycles. The molecule has 0 aromatic carbocycles. The highest BCUT2D eigenvalue weighted by Crippen LogP contribution is 2.26. The summed E-state index contributed by atoms with van der Waals surface area (Å²) in [6, 6.07) is -2.76. The lowest BCUT2D eigenvalue weighted by molar-refractivity contribution is -0.143. The molecule has 4 amide bonds. The van der Waals surface area contributed by atoms with Gasteiger partial charge in [0.05, 0.1) is 18.1 Å². The van der Waals surface area contributed by atoms with Crippen molar-refractivity contribution in [2.24, 2.45) is 17.1 Å². The molecule has 2 aliphatic heterocycles. The minimum absolute atomic E-state index is 0.0321. The van der Waals surface area contributed by atoms with Crippen LogP contribution in [-0.2, 0) is 24.0 Å². The van der Waals surface area contributed by atoms with Crippen molar-refractivity contribution in [1.82, 2.24) is 36.8 Å². The van der Waals surface area contributed by atoms with Crippen LogP contribution in [0.3, 0.4) is 0 Å². The van der Waals surface area contributed by atoms with E-state index in [1.54, 1.807) is 18.7 Å². The number of carbonyl (C=O) groups is 5. The Bertz CT molecular complexity index is 1090. The maximum atomic E-state index is 14.2. The predicted molar refractivity (Wildman–Crippen MR) is 187 cm³/mol. The number of nitrogens with one attached hydrogen (secondary N) is 7. The molecule has 2 aliphatic rings. The molecule has 0 aromatic rings. The van der Waals surface area contributed by atoms with E-state index in [4.69, 9.17) is 11.1 Å². The van der Waals surface area contributed by atoms with Crippen LogP contribution in [0.5, 0.6) is 0 Å². The molecule has 2 unspecified atom stereocenters. The summed E-state index contributed by atoms with van der Waals surface area (Å²) in [5.41, 5.74) is 5.29. The summed E-state index contributed by atoms with van der Waals surface area (Å²) in [5, 5.41) is 25.7. The molecule has 0 bridgehead atoms. The quantitative estimate of drug-likeness (QED) is 0.0831. The van der Waals surface area contributed by atoms with Crippen LogP contribution in [-0.4, -0.2) is 103 Å². The van der Waals surface area contributed by atoms with Gasteiger partial charge in [-0.1, -0.05) is 48.0 Å². The van der Waals surface area contributed by atoms with E-state index in [0.29, 0.717) is 71.1 Å². The molecular formula is C34H63N9O5. The van der Waals surface area contributed by atoms with E-state index in [2.05, 4.69) is 52.7 Å². The number of likely N-dealkylation sites (N-methyl/N-ethyl adjacent to an activating group) is 1. The van der Waals surface area contributed by atoms with E-state index in [-0.39, 0.29) is 47.7 Å². The van der Waals surface area contributed by atoms with E-state index < -0.39 is 35.7 Å². The Balaban J connectivity index is 2.36. The van der Waals surface area contributed by atoms with Crippen molar-refractivity contribution in [2.75, 3.05) is 32.7 Å². The number of amides is 4. The van der Waals surface area contributed by atoms with Crippen LogP contribution >= 0.6 is 0 Å². The third-order valence-corrected chi connectivity index (χ3v) is 9.23.